The lowest BCUT2D eigenvalue weighted by molar-refractivity contribution is 0.1000. The molecule has 0 unspecified atom stereocenters. The van der Waals surface area contributed by atoms with E-state index in [-0.39, 0.29) is 0 Å². The first-order valence-electron chi connectivity index (χ1n) is 6.30. The van der Waals surface area contributed by atoms with Crippen LogP contribution in [-0.2, 0) is 4.74 Å². The Kier molecular flexibility index (Phi) is 5.72. The van der Waals surface area contributed by atoms with Gasteiger partial charge in [0.2, 0.25) is 5.95 Å². The number of nitrogens with zero attached hydrogens (tertiary/aromatic N) is 2. The van der Waals surface area contributed by atoms with Crippen LogP contribution in [0.4, 0.5) is 5.95 Å². The van der Waals surface area contributed by atoms with Gasteiger partial charge >= 0.3 is 0 Å². The van der Waals surface area contributed by atoms with Crippen molar-refractivity contribution in [2.75, 3.05) is 25.1 Å². The van der Waals surface area contributed by atoms with Crippen molar-refractivity contribution in [1.82, 2.24) is 9.97 Å². The average molecular weight is 332 g/mol. The fraction of sp³-hybridized carbons (Fsp3) is 0.667. The van der Waals surface area contributed by atoms with Gasteiger partial charge in [0.25, 0.3) is 0 Å². The first kappa shape index (κ1) is 14.1. The lowest BCUT2D eigenvalue weighted by Gasteiger charge is -2.21. The Hall–Kier alpha value is -0.330. The molecule has 1 aromatic heterocycles. The zero-order valence-electron chi connectivity index (χ0n) is 10.5. The summed E-state index contributed by atoms with van der Waals surface area (Å²) in [6.45, 7) is 4.76. The SMILES string of the molecule is CCCNc1ncc(Br)c(SC2CCOCC2)n1. The molecule has 2 heterocycles. The number of aromatic nitrogens is 2. The highest BCUT2D eigenvalue weighted by atomic mass is 79.9. The molecule has 0 spiro atoms. The first-order valence-corrected chi connectivity index (χ1v) is 7.97. The molecule has 0 bridgehead atoms. The van der Waals surface area contributed by atoms with Gasteiger partial charge < -0.3 is 10.1 Å². The van der Waals surface area contributed by atoms with E-state index in [1.165, 1.54) is 0 Å². The van der Waals surface area contributed by atoms with Crippen molar-refractivity contribution in [3.05, 3.63) is 10.7 Å². The van der Waals surface area contributed by atoms with Crippen molar-refractivity contribution >= 4 is 33.6 Å². The van der Waals surface area contributed by atoms with Crippen molar-refractivity contribution in [2.45, 2.75) is 36.5 Å². The second-order valence-corrected chi connectivity index (χ2v) is 6.35. The van der Waals surface area contributed by atoms with E-state index < -0.39 is 0 Å². The van der Waals surface area contributed by atoms with Crippen LogP contribution in [0.15, 0.2) is 15.7 Å². The number of hydrogen-bond donors (Lipinski definition) is 1. The second kappa shape index (κ2) is 7.31. The van der Waals surface area contributed by atoms with Crippen LogP contribution in [0.5, 0.6) is 0 Å². The van der Waals surface area contributed by atoms with Gasteiger partial charge in [-0.15, -0.1) is 11.8 Å². The summed E-state index contributed by atoms with van der Waals surface area (Å²) < 4.78 is 6.35. The van der Waals surface area contributed by atoms with E-state index in [0.717, 1.165) is 54.5 Å². The minimum absolute atomic E-state index is 0.601. The van der Waals surface area contributed by atoms with E-state index in [2.05, 4.69) is 38.1 Å². The molecule has 18 heavy (non-hydrogen) atoms. The number of thioether (sulfide) groups is 1. The van der Waals surface area contributed by atoms with Crippen LogP contribution in [0, 0.1) is 0 Å². The fourth-order valence-corrected chi connectivity index (χ4v) is 3.23. The van der Waals surface area contributed by atoms with Crippen molar-refractivity contribution < 1.29 is 4.74 Å². The third kappa shape index (κ3) is 4.10. The largest absolute Gasteiger partial charge is 0.381 e. The van der Waals surface area contributed by atoms with Gasteiger partial charge in [-0.1, -0.05) is 6.92 Å². The maximum absolute atomic E-state index is 5.37. The Balaban J connectivity index is 2.00. The maximum Gasteiger partial charge on any atom is 0.223 e. The third-order valence-electron chi connectivity index (χ3n) is 2.69. The van der Waals surface area contributed by atoms with Crippen molar-refractivity contribution in [3.8, 4) is 0 Å². The summed E-state index contributed by atoms with van der Waals surface area (Å²) in [6.07, 6.45) is 5.09. The molecule has 4 nitrogen and oxygen atoms in total. The van der Waals surface area contributed by atoms with Crippen molar-refractivity contribution in [2.24, 2.45) is 0 Å². The summed E-state index contributed by atoms with van der Waals surface area (Å²) in [5, 5.41) is 4.84. The zero-order valence-corrected chi connectivity index (χ0v) is 12.9. The molecule has 1 saturated heterocycles. The number of hydrogen-bond acceptors (Lipinski definition) is 5. The van der Waals surface area contributed by atoms with E-state index in [0.29, 0.717) is 5.25 Å². The summed E-state index contributed by atoms with van der Waals surface area (Å²) in [6, 6.07) is 0. The highest BCUT2D eigenvalue weighted by molar-refractivity contribution is 9.10. The second-order valence-electron chi connectivity index (χ2n) is 4.20. The first-order chi connectivity index (χ1) is 8.79. The Labute approximate surface area is 120 Å². The van der Waals surface area contributed by atoms with Crippen molar-refractivity contribution in [3.63, 3.8) is 0 Å². The summed E-state index contributed by atoms with van der Waals surface area (Å²) >= 11 is 5.34. The Bertz CT molecular complexity index is 386. The zero-order chi connectivity index (χ0) is 12.8. The summed E-state index contributed by atoms with van der Waals surface area (Å²) in [5.41, 5.74) is 0. The molecule has 1 aromatic rings. The molecule has 1 aliphatic heterocycles. The van der Waals surface area contributed by atoms with Gasteiger partial charge in [-0.05, 0) is 35.2 Å². The topological polar surface area (TPSA) is 47.0 Å². The monoisotopic (exact) mass is 331 g/mol. The van der Waals surface area contributed by atoms with Gasteiger partial charge in [-0.2, -0.15) is 0 Å². The van der Waals surface area contributed by atoms with E-state index in [4.69, 9.17) is 4.74 Å². The molecule has 0 aromatic carbocycles. The van der Waals surface area contributed by atoms with E-state index in [1.54, 1.807) is 0 Å². The lowest BCUT2D eigenvalue weighted by Crippen LogP contribution is -2.17. The summed E-state index contributed by atoms with van der Waals surface area (Å²) in [7, 11) is 0. The molecular formula is C12H18BrN3OS. The van der Waals surface area contributed by atoms with Crippen LogP contribution in [0.25, 0.3) is 0 Å². The predicted octanol–water partition coefficient (Wildman–Crippen LogP) is 3.33. The minimum Gasteiger partial charge on any atom is -0.381 e. The van der Waals surface area contributed by atoms with Crippen LogP contribution >= 0.6 is 27.7 Å². The number of rotatable bonds is 5. The van der Waals surface area contributed by atoms with Gasteiger partial charge in [0.1, 0.15) is 5.03 Å². The van der Waals surface area contributed by atoms with Crippen LogP contribution in [0.2, 0.25) is 0 Å². The summed E-state index contributed by atoms with van der Waals surface area (Å²) in [4.78, 5) is 8.82. The lowest BCUT2D eigenvalue weighted by atomic mass is 10.2. The normalized spacial score (nSPS) is 16.8. The summed E-state index contributed by atoms with van der Waals surface area (Å²) in [5.74, 6) is 0.717. The molecule has 1 fully saturated rings. The highest BCUT2D eigenvalue weighted by Crippen LogP contribution is 2.33. The van der Waals surface area contributed by atoms with Gasteiger partial charge in [-0.3, -0.25) is 0 Å². The molecular weight excluding hydrogens is 314 g/mol. The van der Waals surface area contributed by atoms with E-state index >= 15 is 0 Å². The molecule has 0 radical (unpaired) electrons. The number of ether oxygens (including phenoxy) is 1. The maximum atomic E-state index is 5.37. The smallest absolute Gasteiger partial charge is 0.223 e. The minimum atomic E-state index is 0.601. The third-order valence-corrected chi connectivity index (χ3v) is 4.87. The quantitative estimate of drug-likeness (QED) is 0.838. The molecule has 2 rings (SSSR count). The van der Waals surface area contributed by atoms with Crippen LogP contribution in [0.1, 0.15) is 26.2 Å². The van der Waals surface area contributed by atoms with Gasteiger partial charge in [0.05, 0.1) is 4.47 Å². The highest BCUT2D eigenvalue weighted by Gasteiger charge is 2.17. The van der Waals surface area contributed by atoms with E-state index in [1.807, 2.05) is 18.0 Å². The molecule has 0 saturated carbocycles. The number of halogens is 1. The van der Waals surface area contributed by atoms with E-state index in [9.17, 15) is 0 Å². The van der Waals surface area contributed by atoms with Crippen LogP contribution in [-0.4, -0.2) is 35.0 Å². The molecule has 6 heteroatoms. The van der Waals surface area contributed by atoms with Crippen LogP contribution in [0.3, 0.4) is 0 Å². The fourth-order valence-electron chi connectivity index (χ4n) is 1.71. The molecule has 0 atom stereocenters. The molecule has 100 valence electrons. The Morgan fingerprint density at radius 3 is 3.00 bits per heavy atom. The van der Waals surface area contributed by atoms with Gasteiger partial charge in [-0.25, -0.2) is 9.97 Å². The van der Waals surface area contributed by atoms with Gasteiger partial charge in [0, 0.05) is 31.2 Å². The molecule has 0 amide bonds. The standard InChI is InChI=1S/C12H18BrN3OS/c1-2-5-14-12-15-8-10(13)11(16-12)18-9-3-6-17-7-4-9/h8-9H,2-7H2,1H3,(H,14,15,16). The molecule has 1 aliphatic rings. The predicted molar refractivity (Wildman–Crippen MR) is 78.2 cm³/mol. The number of nitrogens with one attached hydrogen (secondary N) is 1. The number of anilines is 1. The molecule has 1 N–H and O–H groups in total. The van der Waals surface area contributed by atoms with Gasteiger partial charge in [0.15, 0.2) is 0 Å². The molecule has 0 aliphatic carbocycles. The Morgan fingerprint density at radius 1 is 1.50 bits per heavy atom. The Morgan fingerprint density at radius 2 is 2.28 bits per heavy atom. The van der Waals surface area contributed by atoms with Crippen LogP contribution < -0.4 is 5.32 Å². The average Bonchev–Trinajstić information content (AvgIpc) is 2.41. The van der Waals surface area contributed by atoms with Crippen molar-refractivity contribution in [1.29, 1.82) is 0 Å².